The lowest BCUT2D eigenvalue weighted by molar-refractivity contribution is -0.0944. The van der Waals surface area contributed by atoms with Crippen LogP contribution in [0, 0.1) is 0 Å². The van der Waals surface area contributed by atoms with Gasteiger partial charge in [0.2, 0.25) is 0 Å². The first-order valence-corrected chi connectivity index (χ1v) is 6.72. The molecule has 0 radical (unpaired) electrons. The standard InChI is InChI=1S/C14H19N3O2/c1-2-17-12-4-3-10(8-15)7-11(12)16-14(17)13-9-18-5-6-19-13/h3-4,7,13H,2,5-6,8-9,15H2,1H3. The maximum Gasteiger partial charge on any atom is 0.141 e. The van der Waals surface area contributed by atoms with Crippen LogP contribution >= 0.6 is 0 Å². The van der Waals surface area contributed by atoms with Gasteiger partial charge in [0.1, 0.15) is 11.9 Å². The van der Waals surface area contributed by atoms with E-state index < -0.39 is 0 Å². The van der Waals surface area contributed by atoms with Crippen molar-refractivity contribution in [1.29, 1.82) is 0 Å². The number of fused-ring (bicyclic) bond motifs is 1. The van der Waals surface area contributed by atoms with E-state index in [1.165, 1.54) is 0 Å². The Balaban J connectivity index is 2.07. The Morgan fingerprint density at radius 2 is 2.32 bits per heavy atom. The van der Waals surface area contributed by atoms with Gasteiger partial charge in [0.25, 0.3) is 0 Å². The van der Waals surface area contributed by atoms with Gasteiger partial charge in [0.15, 0.2) is 0 Å². The van der Waals surface area contributed by atoms with Crippen LogP contribution in [0.4, 0.5) is 0 Å². The van der Waals surface area contributed by atoms with Crippen LogP contribution in [0.2, 0.25) is 0 Å². The first-order valence-electron chi connectivity index (χ1n) is 6.72. The van der Waals surface area contributed by atoms with Crippen LogP contribution in [0.15, 0.2) is 18.2 Å². The second-order valence-electron chi connectivity index (χ2n) is 4.68. The molecule has 1 aromatic carbocycles. The van der Waals surface area contributed by atoms with Gasteiger partial charge in [-0.25, -0.2) is 4.98 Å². The van der Waals surface area contributed by atoms with Crippen LogP contribution in [0.25, 0.3) is 11.0 Å². The quantitative estimate of drug-likeness (QED) is 0.911. The highest BCUT2D eigenvalue weighted by molar-refractivity contribution is 5.77. The molecule has 1 fully saturated rings. The average molecular weight is 261 g/mol. The minimum absolute atomic E-state index is 0.0672. The lowest BCUT2D eigenvalue weighted by Gasteiger charge is -2.23. The van der Waals surface area contributed by atoms with Crippen molar-refractivity contribution < 1.29 is 9.47 Å². The van der Waals surface area contributed by atoms with E-state index >= 15 is 0 Å². The van der Waals surface area contributed by atoms with E-state index in [0.717, 1.165) is 29.0 Å². The van der Waals surface area contributed by atoms with E-state index in [-0.39, 0.29) is 6.10 Å². The molecule has 2 heterocycles. The lowest BCUT2D eigenvalue weighted by atomic mass is 10.2. The van der Waals surface area contributed by atoms with Crippen molar-refractivity contribution in [2.45, 2.75) is 26.1 Å². The molecule has 1 aliphatic heterocycles. The van der Waals surface area contributed by atoms with E-state index in [4.69, 9.17) is 20.2 Å². The molecule has 1 saturated heterocycles. The third kappa shape index (κ3) is 2.25. The molecule has 0 bridgehead atoms. The minimum Gasteiger partial charge on any atom is -0.376 e. The first kappa shape index (κ1) is 12.6. The number of benzene rings is 1. The maximum atomic E-state index is 5.76. The summed E-state index contributed by atoms with van der Waals surface area (Å²) in [5.74, 6) is 0.950. The van der Waals surface area contributed by atoms with E-state index in [2.05, 4.69) is 29.7 Å². The van der Waals surface area contributed by atoms with Crippen LogP contribution < -0.4 is 5.73 Å². The Kier molecular flexibility index (Phi) is 3.50. The maximum absolute atomic E-state index is 5.76. The van der Waals surface area contributed by atoms with Crippen molar-refractivity contribution in [2.24, 2.45) is 5.73 Å². The molecule has 5 nitrogen and oxygen atoms in total. The van der Waals surface area contributed by atoms with E-state index in [0.29, 0.717) is 26.4 Å². The summed E-state index contributed by atoms with van der Waals surface area (Å²) in [7, 11) is 0. The van der Waals surface area contributed by atoms with Gasteiger partial charge in [-0.05, 0) is 24.6 Å². The van der Waals surface area contributed by atoms with Gasteiger partial charge >= 0.3 is 0 Å². The Morgan fingerprint density at radius 1 is 1.42 bits per heavy atom. The molecule has 0 amide bonds. The predicted molar refractivity (Wildman–Crippen MR) is 72.8 cm³/mol. The predicted octanol–water partition coefficient (Wildman–Crippen LogP) is 1.60. The third-order valence-electron chi connectivity index (χ3n) is 3.50. The van der Waals surface area contributed by atoms with Gasteiger partial charge in [-0.3, -0.25) is 0 Å². The number of aryl methyl sites for hydroxylation is 1. The van der Waals surface area contributed by atoms with Crippen LogP contribution in [0.1, 0.15) is 24.4 Å². The minimum atomic E-state index is -0.0672. The zero-order chi connectivity index (χ0) is 13.2. The van der Waals surface area contributed by atoms with Gasteiger partial charge in [-0.1, -0.05) is 6.07 Å². The Morgan fingerprint density at radius 3 is 3.00 bits per heavy atom. The highest BCUT2D eigenvalue weighted by Gasteiger charge is 2.23. The monoisotopic (exact) mass is 261 g/mol. The van der Waals surface area contributed by atoms with Crippen LogP contribution in [0.5, 0.6) is 0 Å². The zero-order valence-corrected chi connectivity index (χ0v) is 11.1. The lowest BCUT2D eigenvalue weighted by Crippen LogP contribution is -2.24. The van der Waals surface area contributed by atoms with Crippen molar-refractivity contribution in [3.8, 4) is 0 Å². The summed E-state index contributed by atoms with van der Waals surface area (Å²) >= 11 is 0. The van der Waals surface area contributed by atoms with Gasteiger partial charge in [0.05, 0.1) is 30.9 Å². The summed E-state index contributed by atoms with van der Waals surface area (Å²) in [6.07, 6.45) is -0.0672. The van der Waals surface area contributed by atoms with Crippen LogP contribution in [-0.4, -0.2) is 29.4 Å². The molecule has 1 unspecified atom stereocenters. The molecule has 0 spiro atoms. The molecule has 19 heavy (non-hydrogen) atoms. The second-order valence-corrected chi connectivity index (χ2v) is 4.68. The number of aromatic nitrogens is 2. The van der Waals surface area contributed by atoms with Gasteiger partial charge in [-0.15, -0.1) is 0 Å². The summed E-state index contributed by atoms with van der Waals surface area (Å²) in [6, 6.07) is 6.19. The number of ether oxygens (including phenoxy) is 2. The number of hydrogen-bond acceptors (Lipinski definition) is 4. The molecule has 0 aliphatic carbocycles. The molecule has 0 saturated carbocycles. The topological polar surface area (TPSA) is 62.3 Å². The molecule has 2 aromatic rings. The molecule has 102 valence electrons. The average Bonchev–Trinajstić information content (AvgIpc) is 2.85. The normalized spacial score (nSPS) is 20.0. The fourth-order valence-electron chi connectivity index (χ4n) is 2.54. The van der Waals surface area contributed by atoms with Crippen LogP contribution in [-0.2, 0) is 22.6 Å². The third-order valence-corrected chi connectivity index (χ3v) is 3.50. The fraction of sp³-hybridized carbons (Fsp3) is 0.500. The van der Waals surface area contributed by atoms with E-state index in [1.807, 2.05) is 0 Å². The number of imidazole rings is 1. The molecule has 2 N–H and O–H groups in total. The van der Waals surface area contributed by atoms with E-state index in [9.17, 15) is 0 Å². The number of rotatable bonds is 3. The summed E-state index contributed by atoms with van der Waals surface area (Å²) in [5.41, 5.74) is 8.89. The summed E-state index contributed by atoms with van der Waals surface area (Å²) in [4.78, 5) is 4.72. The molecule has 1 aromatic heterocycles. The molecular weight excluding hydrogens is 242 g/mol. The van der Waals surface area contributed by atoms with Crippen molar-refractivity contribution in [3.05, 3.63) is 29.6 Å². The SMILES string of the molecule is CCn1c(C2COCCO2)nc2cc(CN)ccc21. The molecule has 3 rings (SSSR count). The molecule has 1 atom stereocenters. The van der Waals surface area contributed by atoms with Crippen molar-refractivity contribution >= 4 is 11.0 Å². The smallest absolute Gasteiger partial charge is 0.141 e. The summed E-state index contributed by atoms with van der Waals surface area (Å²) in [5, 5.41) is 0. The van der Waals surface area contributed by atoms with Crippen molar-refractivity contribution in [3.63, 3.8) is 0 Å². The van der Waals surface area contributed by atoms with Crippen LogP contribution in [0.3, 0.4) is 0 Å². The molecular formula is C14H19N3O2. The molecule has 5 heteroatoms. The Labute approximate surface area is 112 Å². The summed E-state index contributed by atoms with van der Waals surface area (Å²) in [6.45, 7) is 5.39. The zero-order valence-electron chi connectivity index (χ0n) is 11.1. The highest BCUT2D eigenvalue weighted by Crippen LogP contribution is 2.25. The fourth-order valence-corrected chi connectivity index (χ4v) is 2.54. The Bertz CT molecular complexity index is 573. The van der Waals surface area contributed by atoms with Gasteiger partial charge in [0, 0.05) is 13.1 Å². The number of hydrogen-bond donors (Lipinski definition) is 1. The van der Waals surface area contributed by atoms with Crippen molar-refractivity contribution in [2.75, 3.05) is 19.8 Å². The van der Waals surface area contributed by atoms with Gasteiger partial charge < -0.3 is 19.8 Å². The number of nitrogens with zero attached hydrogens (tertiary/aromatic N) is 2. The Hall–Kier alpha value is -1.43. The summed E-state index contributed by atoms with van der Waals surface area (Å²) < 4.78 is 13.4. The molecule has 1 aliphatic rings. The van der Waals surface area contributed by atoms with Gasteiger partial charge in [-0.2, -0.15) is 0 Å². The van der Waals surface area contributed by atoms with E-state index in [1.54, 1.807) is 0 Å². The number of nitrogens with two attached hydrogens (primary N) is 1. The second kappa shape index (κ2) is 5.28. The highest BCUT2D eigenvalue weighted by atomic mass is 16.6. The largest absolute Gasteiger partial charge is 0.376 e. The van der Waals surface area contributed by atoms with Crippen molar-refractivity contribution in [1.82, 2.24) is 9.55 Å². The first-order chi connectivity index (χ1) is 9.33.